The van der Waals surface area contributed by atoms with Gasteiger partial charge in [0, 0.05) is 15.5 Å². The molecule has 2 N–H and O–H groups in total. The SMILES string of the molecule is CCc1ccc(-c2nc(Nc3ccc(Cl)cc3Cl)sc2CC(=O)O)cc1. The lowest BCUT2D eigenvalue weighted by Crippen LogP contribution is -1.99. The Hall–Kier alpha value is -2.08. The summed E-state index contributed by atoms with van der Waals surface area (Å²) in [5.41, 5.74) is 3.45. The lowest BCUT2D eigenvalue weighted by Gasteiger charge is -2.05. The standard InChI is InChI=1S/C19H16Cl2N2O2S/c1-2-11-3-5-12(6-4-11)18-16(10-17(24)25)26-19(23-18)22-15-8-7-13(20)9-14(15)21/h3-9H,2,10H2,1H3,(H,22,23)(H,24,25). The number of carbonyl (C=O) groups is 1. The zero-order valence-electron chi connectivity index (χ0n) is 13.9. The van der Waals surface area contributed by atoms with E-state index < -0.39 is 5.97 Å². The molecule has 0 spiro atoms. The van der Waals surface area contributed by atoms with Gasteiger partial charge in [0.2, 0.25) is 0 Å². The number of halogens is 2. The molecule has 1 aromatic heterocycles. The van der Waals surface area contributed by atoms with Gasteiger partial charge in [0.1, 0.15) is 0 Å². The highest BCUT2D eigenvalue weighted by Crippen LogP contribution is 2.35. The van der Waals surface area contributed by atoms with Gasteiger partial charge in [-0.3, -0.25) is 4.79 Å². The molecule has 3 aromatic rings. The summed E-state index contributed by atoms with van der Waals surface area (Å²) >= 11 is 13.4. The number of hydrogen-bond donors (Lipinski definition) is 2. The number of aryl methyl sites for hydroxylation is 1. The molecular weight excluding hydrogens is 391 g/mol. The lowest BCUT2D eigenvalue weighted by molar-refractivity contribution is -0.136. The maximum absolute atomic E-state index is 11.2. The number of hydrogen-bond acceptors (Lipinski definition) is 4. The van der Waals surface area contributed by atoms with Crippen molar-refractivity contribution >= 4 is 51.3 Å². The summed E-state index contributed by atoms with van der Waals surface area (Å²) in [6.45, 7) is 2.09. The molecule has 26 heavy (non-hydrogen) atoms. The molecule has 0 aliphatic heterocycles. The quantitative estimate of drug-likeness (QED) is 0.522. The van der Waals surface area contributed by atoms with Crippen LogP contribution in [0.2, 0.25) is 10.0 Å². The first kappa shape index (κ1) is 18.7. The van der Waals surface area contributed by atoms with E-state index in [0.29, 0.717) is 31.4 Å². The first-order valence-electron chi connectivity index (χ1n) is 7.99. The van der Waals surface area contributed by atoms with Gasteiger partial charge < -0.3 is 10.4 Å². The number of aliphatic carboxylic acids is 1. The van der Waals surface area contributed by atoms with Crippen molar-refractivity contribution in [3.63, 3.8) is 0 Å². The zero-order valence-corrected chi connectivity index (χ0v) is 16.3. The normalized spacial score (nSPS) is 10.7. The van der Waals surface area contributed by atoms with Crippen LogP contribution in [-0.2, 0) is 17.6 Å². The van der Waals surface area contributed by atoms with E-state index in [1.807, 2.05) is 24.3 Å². The third-order valence-electron chi connectivity index (χ3n) is 3.82. The van der Waals surface area contributed by atoms with Crippen LogP contribution >= 0.6 is 34.5 Å². The number of nitrogens with zero attached hydrogens (tertiary/aromatic N) is 1. The second-order valence-electron chi connectivity index (χ2n) is 5.66. The van der Waals surface area contributed by atoms with Gasteiger partial charge in [-0.05, 0) is 30.2 Å². The van der Waals surface area contributed by atoms with Gasteiger partial charge in [0.05, 0.1) is 22.8 Å². The van der Waals surface area contributed by atoms with Gasteiger partial charge in [-0.25, -0.2) is 4.98 Å². The maximum atomic E-state index is 11.2. The molecule has 2 aromatic carbocycles. The summed E-state index contributed by atoms with van der Waals surface area (Å²) in [6, 6.07) is 13.1. The molecule has 7 heteroatoms. The summed E-state index contributed by atoms with van der Waals surface area (Å²) < 4.78 is 0. The Morgan fingerprint density at radius 1 is 1.19 bits per heavy atom. The molecule has 0 unspecified atom stereocenters. The van der Waals surface area contributed by atoms with Crippen molar-refractivity contribution in [2.75, 3.05) is 5.32 Å². The summed E-state index contributed by atoms with van der Waals surface area (Å²) in [4.78, 5) is 16.5. The van der Waals surface area contributed by atoms with E-state index in [0.717, 1.165) is 12.0 Å². The molecular formula is C19H16Cl2N2O2S. The predicted molar refractivity (Wildman–Crippen MR) is 108 cm³/mol. The Balaban J connectivity index is 1.96. The van der Waals surface area contributed by atoms with E-state index in [2.05, 4.69) is 17.2 Å². The molecule has 134 valence electrons. The molecule has 1 heterocycles. The monoisotopic (exact) mass is 406 g/mol. The molecule has 0 aliphatic carbocycles. The fraction of sp³-hybridized carbons (Fsp3) is 0.158. The van der Waals surface area contributed by atoms with Crippen LogP contribution in [0.5, 0.6) is 0 Å². The fourth-order valence-electron chi connectivity index (χ4n) is 2.49. The number of thiazole rings is 1. The summed E-state index contributed by atoms with van der Waals surface area (Å²) in [6.07, 6.45) is 0.861. The minimum atomic E-state index is -0.892. The smallest absolute Gasteiger partial charge is 0.308 e. The van der Waals surface area contributed by atoms with Crippen molar-refractivity contribution in [1.82, 2.24) is 4.98 Å². The average Bonchev–Trinajstić information content (AvgIpc) is 2.99. The summed E-state index contributed by atoms with van der Waals surface area (Å²) in [5, 5.41) is 14.0. The molecule has 0 amide bonds. The Bertz CT molecular complexity index is 939. The van der Waals surface area contributed by atoms with Crippen molar-refractivity contribution < 1.29 is 9.90 Å². The van der Waals surface area contributed by atoms with Crippen LogP contribution in [0.3, 0.4) is 0 Å². The van der Waals surface area contributed by atoms with Crippen LogP contribution in [0.1, 0.15) is 17.4 Å². The second-order valence-corrected chi connectivity index (χ2v) is 7.59. The molecule has 0 atom stereocenters. The number of nitrogens with one attached hydrogen (secondary N) is 1. The maximum Gasteiger partial charge on any atom is 0.308 e. The molecule has 0 bridgehead atoms. The van der Waals surface area contributed by atoms with Crippen molar-refractivity contribution in [2.24, 2.45) is 0 Å². The van der Waals surface area contributed by atoms with Gasteiger partial charge in [-0.15, -0.1) is 11.3 Å². The van der Waals surface area contributed by atoms with Gasteiger partial charge in [-0.1, -0.05) is 54.4 Å². The number of aromatic nitrogens is 1. The predicted octanol–water partition coefficient (Wildman–Crippen LogP) is 6.05. The molecule has 0 saturated heterocycles. The largest absolute Gasteiger partial charge is 0.481 e. The van der Waals surface area contributed by atoms with Crippen LogP contribution in [0.4, 0.5) is 10.8 Å². The Kier molecular flexibility index (Phi) is 5.81. The van der Waals surface area contributed by atoms with Crippen molar-refractivity contribution in [3.05, 3.63) is 63.0 Å². The Morgan fingerprint density at radius 3 is 2.54 bits per heavy atom. The number of carboxylic acid groups (broad SMARTS) is 1. The first-order chi connectivity index (χ1) is 12.5. The topological polar surface area (TPSA) is 62.2 Å². The van der Waals surface area contributed by atoms with Crippen molar-refractivity contribution in [2.45, 2.75) is 19.8 Å². The summed E-state index contributed by atoms with van der Waals surface area (Å²) in [7, 11) is 0. The molecule has 4 nitrogen and oxygen atoms in total. The molecule has 0 fully saturated rings. The van der Waals surface area contributed by atoms with Crippen molar-refractivity contribution in [3.8, 4) is 11.3 Å². The van der Waals surface area contributed by atoms with E-state index in [1.54, 1.807) is 18.2 Å². The highest BCUT2D eigenvalue weighted by Gasteiger charge is 2.16. The number of benzene rings is 2. The van der Waals surface area contributed by atoms with Gasteiger partial charge in [-0.2, -0.15) is 0 Å². The number of rotatable bonds is 6. The molecule has 3 rings (SSSR count). The number of anilines is 2. The van der Waals surface area contributed by atoms with Crippen LogP contribution in [-0.4, -0.2) is 16.1 Å². The van der Waals surface area contributed by atoms with Gasteiger partial charge in [0.15, 0.2) is 5.13 Å². The van der Waals surface area contributed by atoms with E-state index in [1.165, 1.54) is 16.9 Å². The zero-order chi connectivity index (χ0) is 18.7. The minimum Gasteiger partial charge on any atom is -0.481 e. The average molecular weight is 407 g/mol. The highest BCUT2D eigenvalue weighted by molar-refractivity contribution is 7.16. The Labute approximate surface area is 165 Å². The molecule has 0 radical (unpaired) electrons. The third-order valence-corrected chi connectivity index (χ3v) is 5.34. The van der Waals surface area contributed by atoms with E-state index in [4.69, 9.17) is 23.2 Å². The van der Waals surface area contributed by atoms with Crippen LogP contribution in [0.15, 0.2) is 42.5 Å². The lowest BCUT2D eigenvalue weighted by atomic mass is 10.1. The van der Waals surface area contributed by atoms with Crippen molar-refractivity contribution in [1.29, 1.82) is 0 Å². The first-order valence-corrected chi connectivity index (χ1v) is 9.56. The highest BCUT2D eigenvalue weighted by atomic mass is 35.5. The molecule has 0 saturated carbocycles. The fourth-order valence-corrected chi connectivity index (χ4v) is 3.94. The summed E-state index contributed by atoms with van der Waals surface area (Å²) in [5.74, 6) is -0.892. The van der Waals surface area contributed by atoms with Gasteiger partial charge >= 0.3 is 5.97 Å². The third kappa shape index (κ3) is 4.36. The van der Waals surface area contributed by atoms with E-state index in [-0.39, 0.29) is 6.42 Å². The molecule has 0 aliphatic rings. The Morgan fingerprint density at radius 2 is 1.92 bits per heavy atom. The van der Waals surface area contributed by atoms with Crippen LogP contribution in [0, 0.1) is 0 Å². The van der Waals surface area contributed by atoms with Gasteiger partial charge in [0.25, 0.3) is 0 Å². The van der Waals surface area contributed by atoms with E-state index in [9.17, 15) is 9.90 Å². The van der Waals surface area contributed by atoms with Crippen LogP contribution in [0.25, 0.3) is 11.3 Å². The second kappa shape index (κ2) is 8.08. The van der Waals surface area contributed by atoms with E-state index >= 15 is 0 Å². The number of carboxylic acids is 1. The van der Waals surface area contributed by atoms with Crippen LogP contribution < -0.4 is 5.32 Å². The minimum absolute atomic E-state index is 0.0848.